The third-order valence-electron chi connectivity index (χ3n) is 4.27. The molecule has 1 amide bonds. The molecule has 1 N–H and O–H groups in total. The van der Waals surface area contributed by atoms with Crippen LogP contribution in [0.3, 0.4) is 0 Å². The topological polar surface area (TPSA) is 38.3 Å². The zero-order valence-electron chi connectivity index (χ0n) is 14.2. The zero-order valence-corrected chi connectivity index (χ0v) is 15.0. The molecule has 126 valence electrons. The Morgan fingerprint density at radius 3 is 2.79 bits per heavy atom. The van der Waals surface area contributed by atoms with E-state index in [1.807, 2.05) is 57.2 Å². The standard InChI is InChI=1S/C20H22ClNO2/c1-13-8-9-15-17(12-20(2,3)24-18(15)10-13)22-19(23)11-14-6-4-5-7-16(14)21/h4-10,17H,11-12H2,1-3H3,(H,22,23)/t17-/m0/s1. The zero-order chi connectivity index (χ0) is 17.3. The van der Waals surface area contributed by atoms with Crippen LogP contribution in [0.25, 0.3) is 0 Å². The van der Waals surface area contributed by atoms with Crippen LogP contribution in [-0.4, -0.2) is 11.5 Å². The lowest BCUT2D eigenvalue weighted by molar-refractivity contribution is -0.121. The predicted octanol–water partition coefficient (Wildman–Crippen LogP) is 4.61. The van der Waals surface area contributed by atoms with Crippen molar-refractivity contribution < 1.29 is 9.53 Å². The highest BCUT2D eigenvalue weighted by Crippen LogP contribution is 2.39. The average molecular weight is 344 g/mol. The van der Waals surface area contributed by atoms with Gasteiger partial charge in [0, 0.05) is 17.0 Å². The number of carbonyl (C=O) groups excluding carboxylic acids is 1. The minimum absolute atomic E-state index is 0.0303. The number of aryl methyl sites for hydroxylation is 1. The van der Waals surface area contributed by atoms with Gasteiger partial charge in [0.2, 0.25) is 5.91 Å². The van der Waals surface area contributed by atoms with Gasteiger partial charge in [-0.15, -0.1) is 0 Å². The van der Waals surface area contributed by atoms with E-state index in [2.05, 4.69) is 5.32 Å². The molecule has 0 saturated carbocycles. The van der Waals surface area contributed by atoms with E-state index in [0.29, 0.717) is 5.02 Å². The summed E-state index contributed by atoms with van der Waals surface area (Å²) in [6.07, 6.45) is 1.01. The fourth-order valence-electron chi connectivity index (χ4n) is 3.15. The van der Waals surface area contributed by atoms with Gasteiger partial charge in [-0.1, -0.05) is 41.9 Å². The Kier molecular flexibility index (Phi) is 4.55. The van der Waals surface area contributed by atoms with Crippen LogP contribution in [0.2, 0.25) is 5.02 Å². The lowest BCUT2D eigenvalue weighted by Crippen LogP contribution is -2.41. The fraction of sp³-hybridized carbons (Fsp3) is 0.350. The molecule has 0 aliphatic carbocycles. The highest BCUT2D eigenvalue weighted by Gasteiger charge is 2.34. The number of carbonyl (C=O) groups is 1. The highest BCUT2D eigenvalue weighted by molar-refractivity contribution is 6.31. The van der Waals surface area contributed by atoms with E-state index in [4.69, 9.17) is 16.3 Å². The van der Waals surface area contributed by atoms with Crippen molar-refractivity contribution in [2.75, 3.05) is 0 Å². The van der Waals surface area contributed by atoms with Crippen LogP contribution in [0.1, 0.15) is 43.0 Å². The number of nitrogens with one attached hydrogen (secondary N) is 1. The summed E-state index contributed by atoms with van der Waals surface area (Å²) < 4.78 is 6.08. The van der Waals surface area contributed by atoms with Gasteiger partial charge in [-0.05, 0) is 44.0 Å². The maximum absolute atomic E-state index is 12.5. The first kappa shape index (κ1) is 16.8. The largest absolute Gasteiger partial charge is 0.487 e. The number of halogens is 1. The van der Waals surface area contributed by atoms with E-state index in [1.165, 1.54) is 0 Å². The second-order valence-corrected chi connectivity index (χ2v) is 7.40. The summed E-state index contributed by atoms with van der Waals surface area (Å²) in [7, 11) is 0. The third-order valence-corrected chi connectivity index (χ3v) is 4.64. The molecule has 2 aromatic rings. The lowest BCUT2D eigenvalue weighted by atomic mass is 9.89. The Morgan fingerprint density at radius 1 is 1.29 bits per heavy atom. The first-order chi connectivity index (χ1) is 11.3. The Hall–Kier alpha value is -2.00. The number of hydrogen-bond donors (Lipinski definition) is 1. The smallest absolute Gasteiger partial charge is 0.224 e. The van der Waals surface area contributed by atoms with E-state index in [-0.39, 0.29) is 24.0 Å². The van der Waals surface area contributed by atoms with Gasteiger partial charge < -0.3 is 10.1 Å². The molecule has 1 aliphatic rings. The Bertz CT molecular complexity index is 770. The number of amides is 1. The molecular weight excluding hydrogens is 322 g/mol. The number of hydrogen-bond acceptors (Lipinski definition) is 2. The molecule has 3 nitrogen and oxygen atoms in total. The summed E-state index contributed by atoms with van der Waals surface area (Å²) in [5.74, 6) is 0.826. The van der Waals surface area contributed by atoms with Crippen LogP contribution < -0.4 is 10.1 Å². The molecule has 0 bridgehead atoms. The fourth-order valence-corrected chi connectivity index (χ4v) is 3.35. The van der Waals surface area contributed by atoms with E-state index >= 15 is 0 Å². The Labute approximate surface area is 148 Å². The molecular formula is C20H22ClNO2. The second kappa shape index (κ2) is 6.48. The molecule has 0 fully saturated rings. The molecule has 0 aromatic heterocycles. The monoisotopic (exact) mass is 343 g/mol. The van der Waals surface area contributed by atoms with Crippen LogP contribution in [0.4, 0.5) is 0 Å². The van der Waals surface area contributed by atoms with Crippen LogP contribution in [0.15, 0.2) is 42.5 Å². The van der Waals surface area contributed by atoms with Gasteiger partial charge in [0.05, 0.1) is 12.5 Å². The molecule has 1 heterocycles. The van der Waals surface area contributed by atoms with Crippen LogP contribution in [0, 0.1) is 6.92 Å². The van der Waals surface area contributed by atoms with Crippen molar-refractivity contribution in [1.82, 2.24) is 5.32 Å². The summed E-state index contributed by atoms with van der Waals surface area (Å²) in [6, 6.07) is 13.5. The molecule has 2 aromatic carbocycles. The molecule has 1 atom stereocenters. The second-order valence-electron chi connectivity index (χ2n) is 7.00. The first-order valence-electron chi connectivity index (χ1n) is 8.16. The van der Waals surface area contributed by atoms with Crippen molar-refractivity contribution in [3.63, 3.8) is 0 Å². The van der Waals surface area contributed by atoms with Crippen molar-refractivity contribution in [1.29, 1.82) is 0 Å². The Balaban J connectivity index is 1.79. The van der Waals surface area contributed by atoms with Gasteiger partial charge in [-0.3, -0.25) is 4.79 Å². The van der Waals surface area contributed by atoms with E-state index < -0.39 is 0 Å². The Morgan fingerprint density at radius 2 is 2.04 bits per heavy atom. The first-order valence-corrected chi connectivity index (χ1v) is 8.54. The summed E-state index contributed by atoms with van der Waals surface area (Å²) in [6.45, 7) is 6.13. The molecule has 0 spiro atoms. The maximum atomic E-state index is 12.5. The molecule has 24 heavy (non-hydrogen) atoms. The van der Waals surface area contributed by atoms with Crippen molar-refractivity contribution in [2.24, 2.45) is 0 Å². The van der Waals surface area contributed by atoms with Gasteiger partial charge in [-0.25, -0.2) is 0 Å². The van der Waals surface area contributed by atoms with Crippen molar-refractivity contribution in [3.05, 3.63) is 64.2 Å². The predicted molar refractivity (Wildman–Crippen MR) is 96.5 cm³/mol. The minimum Gasteiger partial charge on any atom is -0.487 e. The van der Waals surface area contributed by atoms with E-state index in [9.17, 15) is 4.79 Å². The quantitative estimate of drug-likeness (QED) is 0.883. The number of fused-ring (bicyclic) bond motifs is 1. The number of rotatable bonds is 3. The van der Waals surface area contributed by atoms with Crippen molar-refractivity contribution >= 4 is 17.5 Å². The molecule has 0 radical (unpaired) electrons. The van der Waals surface area contributed by atoms with Gasteiger partial charge in [0.25, 0.3) is 0 Å². The maximum Gasteiger partial charge on any atom is 0.224 e. The molecule has 1 aliphatic heterocycles. The van der Waals surface area contributed by atoms with Crippen molar-refractivity contribution in [2.45, 2.75) is 45.3 Å². The summed E-state index contributed by atoms with van der Waals surface area (Å²) in [5, 5.41) is 3.77. The SMILES string of the molecule is Cc1ccc2c(c1)OC(C)(C)C[C@@H]2NC(=O)Cc1ccccc1Cl. The third kappa shape index (κ3) is 3.73. The summed E-state index contributed by atoms with van der Waals surface area (Å²) in [5.41, 5.74) is 2.70. The molecule has 3 rings (SSSR count). The van der Waals surface area contributed by atoms with Crippen LogP contribution >= 0.6 is 11.6 Å². The van der Waals surface area contributed by atoms with Gasteiger partial charge in [0.1, 0.15) is 11.4 Å². The van der Waals surface area contributed by atoms with Crippen molar-refractivity contribution in [3.8, 4) is 5.75 Å². The molecule has 0 saturated heterocycles. The number of benzene rings is 2. The minimum atomic E-state index is -0.316. The van der Waals surface area contributed by atoms with E-state index in [1.54, 1.807) is 6.07 Å². The summed E-state index contributed by atoms with van der Waals surface area (Å²) in [4.78, 5) is 12.5. The van der Waals surface area contributed by atoms with Crippen LogP contribution in [-0.2, 0) is 11.2 Å². The van der Waals surface area contributed by atoms with Gasteiger partial charge >= 0.3 is 0 Å². The molecule has 0 unspecified atom stereocenters. The summed E-state index contributed by atoms with van der Waals surface area (Å²) >= 11 is 6.15. The average Bonchev–Trinajstić information content (AvgIpc) is 2.48. The normalized spacial score (nSPS) is 18.4. The van der Waals surface area contributed by atoms with Crippen LogP contribution in [0.5, 0.6) is 5.75 Å². The molecule has 4 heteroatoms. The highest BCUT2D eigenvalue weighted by atomic mass is 35.5. The number of ether oxygens (including phenoxy) is 1. The lowest BCUT2D eigenvalue weighted by Gasteiger charge is -2.38. The van der Waals surface area contributed by atoms with Gasteiger partial charge in [-0.2, -0.15) is 0 Å². The van der Waals surface area contributed by atoms with E-state index in [0.717, 1.165) is 28.9 Å². The van der Waals surface area contributed by atoms with Gasteiger partial charge in [0.15, 0.2) is 0 Å².